The van der Waals surface area contributed by atoms with Gasteiger partial charge in [0.1, 0.15) is 11.4 Å². The number of anilines is 2. The Hall–Kier alpha value is -3.43. The molecule has 34 heavy (non-hydrogen) atoms. The maximum Gasteiger partial charge on any atom is 0.264 e. The third-order valence-electron chi connectivity index (χ3n) is 6.00. The summed E-state index contributed by atoms with van der Waals surface area (Å²) in [5, 5.41) is 7.11. The summed E-state index contributed by atoms with van der Waals surface area (Å²) < 4.78 is 15.2. The van der Waals surface area contributed by atoms with Crippen molar-refractivity contribution in [3.05, 3.63) is 91.9 Å². The number of carbonyl (C=O) groups excluding carboxylic acids is 1. The molecule has 0 atom stereocenters. The zero-order chi connectivity index (χ0) is 23.2. The van der Waals surface area contributed by atoms with E-state index in [0.717, 1.165) is 46.2 Å². The molecule has 0 aliphatic carbocycles. The number of amides is 1. The Labute approximate surface area is 202 Å². The first-order valence-electron chi connectivity index (χ1n) is 10.9. The van der Waals surface area contributed by atoms with Gasteiger partial charge in [-0.2, -0.15) is 0 Å². The Balaban J connectivity index is 1.28. The van der Waals surface area contributed by atoms with Crippen LogP contribution in [0.25, 0.3) is 17.0 Å². The van der Waals surface area contributed by atoms with E-state index in [-0.39, 0.29) is 22.7 Å². The second-order valence-electron chi connectivity index (χ2n) is 8.13. The van der Waals surface area contributed by atoms with Gasteiger partial charge in [0, 0.05) is 41.5 Å². The molecule has 4 heterocycles. The fourth-order valence-electron chi connectivity index (χ4n) is 4.40. The number of nitrogens with one attached hydrogen (secondary N) is 1. The summed E-state index contributed by atoms with van der Waals surface area (Å²) in [7, 11) is 0. The molecule has 4 aromatic rings. The molecule has 9 heteroatoms. The first-order chi connectivity index (χ1) is 16.6. The normalized spacial score (nSPS) is 16.0. The van der Waals surface area contributed by atoms with Gasteiger partial charge in [0.05, 0.1) is 16.2 Å². The fraction of sp³-hybridized carbons (Fsp3) is 0.160. The largest absolute Gasteiger partial charge is 0.346 e. The second-order valence-corrected chi connectivity index (χ2v) is 10.1. The number of halogens is 1. The molecule has 6 rings (SSSR count). The number of hydrogen-bond acceptors (Lipinski definition) is 6. The van der Waals surface area contributed by atoms with Crippen LogP contribution in [0.5, 0.6) is 0 Å². The fourth-order valence-corrected chi connectivity index (χ4v) is 6.10. The van der Waals surface area contributed by atoms with E-state index >= 15 is 0 Å². The third-order valence-corrected chi connectivity index (χ3v) is 7.79. The van der Waals surface area contributed by atoms with Crippen molar-refractivity contribution in [3.63, 3.8) is 0 Å². The van der Waals surface area contributed by atoms with Crippen LogP contribution in [0, 0.1) is 5.82 Å². The lowest BCUT2D eigenvalue weighted by Gasteiger charge is -2.17. The van der Waals surface area contributed by atoms with E-state index in [9.17, 15) is 14.0 Å². The van der Waals surface area contributed by atoms with Crippen molar-refractivity contribution in [1.29, 1.82) is 0 Å². The molecule has 2 aromatic carbocycles. The number of nitrogens with zero attached hydrogens (tertiary/aromatic N) is 3. The first kappa shape index (κ1) is 21.1. The van der Waals surface area contributed by atoms with Gasteiger partial charge in [0.2, 0.25) is 5.43 Å². The van der Waals surface area contributed by atoms with E-state index in [1.807, 2.05) is 28.2 Å². The van der Waals surface area contributed by atoms with E-state index in [2.05, 4.69) is 10.3 Å². The summed E-state index contributed by atoms with van der Waals surface area (Å²) in [5.74, 6) is 0.191. The quantitative estimate of drug-likeness (QED) is 0.432. The lowest BCUT2D eigenvalue weighted by molar-refractivity contribution is 0.0829. The number of hydrogen-bond donors (Lipinski definition) is 1. The predicted molar refractivity (Wildman–Crippen MR) is 135 cm³/mol. The molecule has 0 unspecified atom stereocenters. The van der Waals surface area contributed by atoms with Crippen molar-refractivity contribution in [2.24, 2.45) is 0 Å². The van der Waals surface area contributed by atoms with Crippen LogP contribution in [0.2, 0.25) is 0 Å². The van der Waals surface area contributed by atoms with Gasteiger partial charge in [-0.05, 0) is 48.4 Å². The highest BCUT2D eigenvalue weighted by Crippen LogP contribution is 2.33. The molecule has 2 aliphatic heterocycles. The minimum Gasteiger partial charge on any atom is -0.346 e. The number of carbonyl (C=O) groups is 1. The van der Waals surface area contributed by atoms with Gasteiger partial charge < -0.3 is 14.8 Å². The van der Waals surface area contributed by atoms with Crippen LogP contribution in [0.15, 0.2) is 63.9 Å². The molecule has 6 nitrogen and oxygen atoms in total. The molecule has 1 amide bonds. The van der Waals surface area contributed by atoms with Crippen molar-refractivity contribution in [3.8, 4) is 0 Å². The number of aryl methyl sites for hydroxylation is 2. The van der Waals surface area contributed by atoms with Crippen LogP contribution in [-0.4, -0.2) is 32.7 Å². The molecule has 0 saturated carbocycles. The van der Waals surface area contributed by atoms with Gasteiger partial charge in [-0.15, -0.1) is 23.1 Å². The Morgan fingerprint density at radius 3 is 2.85 bits per heavy atom. The van der Waals surface area contributed by atoms with E-state index in [1.54, 1.807) is 41.1 Å². The molecule has 1 N–H and O–H groups in total. The number of para-hydroxylation sites is 1. The molecule has 0 radical (unpaired) electrons. The van der Waals surface area contributed by atoms with Crippen LogP contribution in [0.4, 0.5) is 15.2 Å². The molecule has 1 fully saturated rings. The Morgan fingerprint density at radius 2 is 2.00 bits per heavy atom. The average Bonchev–Trinajstić information content (AvgIpc) is 3.59. The van der Waals surface area contributed by atoms with Crippen molar-refractivity contribution in [1.82, 2.24) is 14.5 Å². The molecule has 2 aliphatic rings. The Morgan fingerprint density at radius 1 is 1.15 bits per heavy atom. The van der Waals surface area contributed by atoms with Gasteiger partial charge in [-0.1, -0.05) is 12.1 Å². The number of pyridine rings is 1. The number of thioether (sulfide) groups is 1. The summed E-state index contributed by atoms with van der Waals surface area (Å²) in [6.07, 6.45) is 4.46. The third kappa shape index (κ3) is 3.70. The van der Waals surface area contributed by atoms with Crippen molar-refractivity contribution >= 4 is 56.8 Å². The van der Waals surface area contributed by atoms with Crippen LogP contribution in [-0.2, 0) is 13.0 Å². The second kappa shape index (κ2) is 8.41. The lowest BCUT2D eigenvalue weighted by Crippen LogP contribution is -2.31. The van der Waals surface area contributed by atoms with E-state index < -0.39 is 0 Å². The Bertz CT molecular complexity index is 1520. The predicted octanol–water partition coefficient (Wildman–Crippen LogP) is 5.08. The number of benzene rings is 2. The Kier molecular flexibility index (Phi) is 5.23. The first-order valence-corrected chi connectivity index (χ1v) is 12.7. The zero-order valence-electron chi connectivity index (χ0n) is 18.0. The van der Waals surface area contributed by atoms with Gasteiger partial charge in [-0.25, -0.2) is 9.37 Å². The van der Waals surface area contributed by atoms with E-state index in [0.29, 0.717) is 17.1 Å². The monoisotopic (exact) mass is 490 g/mol. The topological polar surface area (TPSA) is 67.2 Å². The highest BCUT2D eigenvalue weighted by atomic mass is 32.2. The van der Waals surface area contributed by atoms with Gasteiger partial charge in [0.25, 0.3) is 5.91 Å². The number of aromatic nitrogens is 2. The average molecular weight is 491 g/mol. The molecular formula is C25H19FN4O2S2. The molecule has 170 valence electrons. The summed E-state index contributed by atoms with van der Waals surface area (Å²) in [6, 6.07) is 11.8. The summed E-state index contributed by atoms with van der Waals surface area (Å²) >= 11 is 3.00. The number of thiazole rings is 1. The van der Waals surface area contributed by atoms with Crippen LogP contribution < -0.4 is 10.7 Å². The SMILES string of the molecule is O=C(c1cn2c3c(cccc3c1=O)CC2)N1CCS/C1=C/c1csc(Nc2ccc(F)cc2)n1. The summed E-state index contributed by atoms with van der Waals surface area (Å²) in [4.78, 5) is 32.9. The zero-order valence-corrected chi connectivity index (χ0v) is 19.6. The molecule has 0 spiro atoms. The van der Waals surface area contributed by atoms with Crippen molar-refractivity contribution in [2.75, 3.05) is 17.6 Å². The molecule has 0 bridgehead atoms. The van der Waals surface area contributed by atoms with Crippen molar-refractivity contribution in [2.45, 2.75) is 13.0 Å². The van der Waals surface area contributed by atoms with Gasteiger partial charge in [0.15, 0.2) is 5.13 Å². The number of rotatable bonds is 4. The van der Waals surface area contributed by atoms with Crippen LogP contribution >= 0.6 is 23.1 Å². The van der Waals surface area contributed by atoms with E-state index in [1.165, 1.54) is 23.5 Å². The summed E-state index contributed by atoms with van der Waals surface area (Å²) in [6.45, 7) is 1.31. The van der Waals surface area contributed by atoms with E-state index in [4.69, 9.17) is 0 Å². The minimum atomic E-state index is -0.293. The lowest BCUT2D eigenvalue weighted by atomic mass is 10.1. The maximum atomic E-state index is 13.5. The maximum absolute atomic E-state index is 13.5. The molecular weight excluding hydrogens is 471 g/mol. The van der Waals surface area contributed by atoms with Gasteiger partial charge in [-0.3, -0.25) is 9.59 Å². The highest BCUT2D eigenvalue weighted by molar-refractivity contribution is 8.03. The van der Waals surface area contributed by atoms with Crippen LogP contribution in [0.3, 0.4) is 0 Å². The molecule has 2 aromatic heterocycles. The van der Waals surface area contributed by atoms with Gasteiger partial charge >= 0.3 is 0 Å². The summed E-state index contributed by atoms with van der Waals surface area (Å²) in [5.41, 5.74) is 3.55. The van der Waals surface area contributed by atoms with Crippen molar-refractivity contribution < 1.29 is 9.18 Å². The molecule has 1 saturated heterocycles. The highest BCUT2D eigenvalue weighted by Gasteiger charge is 2.29. The van der Waals surface area contributed by atoms with Crippen LogP contribution in [0.1, 0.15) is 21.6 Å². The smallest absolute Gasteiger partial charge is 0.264 e. The standard InChI is InChI=1S/C25H19FN4O2S2/c26-16-4-6-17(7-5-16)27-25-28-18(14-34-25)12-21-30(10-11-33-21)24(32)20-13-29-9-8-15-2-1-3-19(22(15)29)23(20)31/h1-7,12-14H,8-11H2,(H,27,28)/b21-12+. The minimum absolute atomic E-state index is 0.205.